The van der Waals surface area contributed by atoms with E-state index in [9.17, 15) is 24.5 Å². The van der Waals surface area contributed by atoms with Crippen LogP contribution in [0.4, 0.5) is 4.39 Å². The lowest BCUT2D eigenvalue weighted by Crippen LogP contribution is -2.22. The van der Waals surface area contributed by atoms with Crippen LogP contribution < -0.4 is 5.56 Å². The standard InChI is InChI=1S/C14H8BrFN2O4/c15-13-8-4-7(19)5-11(21)12(8)14(22)18(17-13)6-1-2-10(20)9(16)3-6/h1-5,19-21H. The first-order valence-corrected chi connectivity index (χ1v) is 6.81. The number of aromatic hydroxyl groups is 3. The van der Waals surface area contributed by atoms with Gasteiger partial charge in [0.15, 0.2) is 11.6 Å². The number of halogens is 2. The molecule has 0 radical (unpaired) electrons. The highest BCUT2D eigenvalue weighted by molar-refractivity contribution is 9.10. The topological polar surface area (TPSA) is 95.6 Å². The van der Waals surface area contributed by atoms with Crippen LogP contribution in [0.1, 0.15) is 0 Å². The van der Waals surface area contributed by atoms with Gasteiger partial charge in [0.05, 0.1) is 11.1 Å². The van der Waals surface area contributed by atoms with Crippen LogP contribution >= 0.6 is 15.9 Å². The lowest BCUT2D eigenvalue weighted by molar-refractivity contribution is 0.432. The summed E-state index contributed by atoms with van der Waals surface area (Å²) < 4.78 is 14.5. The van der Waals surface area contributed by atoms with Crippen LogP contribution in [-0.4, -0.2) is 25.1 Å². The minimum absolute atomic E-state index is 0.0758. The summed E-state index contributed by atoms with van der Waals surface area (Å²) in [6.45, 7) is 0. The summed E-state index contributed by atoms with van der Waals surface area (Å²) in [4.78, 5) is 12.5. The number of benzene rings is 2. The molecule has 0 atom stereocenters. The van der Waals surface area contributed by atoms with Gasteiger partial charge in [-0.15, -0.1) is 0 Å². The molecule has 0 amide bonds. The van der Waals surface area contributed by atoms with Crippen molar-refractivity contribution in [2.75, 3.05) is 0 Å². The number of nitrogens with zero attached hydrogens (tertiary/aromatic N) is 2. The number of rotatable bonds is 1. The summed E-state index contributed by atoms with van der Waals surface area (Å²) in [5.74, 6) is -2.10. The number of aromatic nitrogens is 2. The highest BCUT2D eigenvalue weighted by atomic mass is 79.9. The van der Waals surface area contributed by atoms with Crippen LogP contribution in [0.15, 0.2) is 39.7 Å². The van der Waals surface area contributed by atoms with Crippen molar-refractivity contribution in [3.05, 3.63) is 51.1 Å². The predicted molar refractivity (Wildman–Crippen MR) is 80.0 cm³/mol. The molecule has 0 saturated heterocycles. The Bertz CT molecular complexity index is 971. The third-order valence-corrected chi connectivity index (χ3v) is 3.68. The molecule has 3 N–H and O–H groups in total. The molecule has 0 aliphatic heterocycles. The summed E-state index contributed by atoms with van der Waals surface area (Å²) >= 11 is 3.14. The zero-order valence-electron chi connectivity index (χ0n) is 10.8. The Kier molecular flexibility index (Phi) is 3.25. The third kappa shape index (κ3) is 2.17. The molecule has 22 heavy (non-hydrogen) atoms. The number of fused-ring (bicyclic) bond motifs is 1. The first-order valence-electron chi connectivity index (χ1n) is 6.02. The quantitative estimate of drug-likeness (QED) is 0.614. The van der Waals surface area contributed by atoms with Crippen LogP contribution in [0.2, 0.25) is 0 Å². The molecular weight excluding hydrogens is 359 g/mol. The van der Waals surface area contributed by atoms with Gasteiger partial charge >= 0.3 is 0 Å². The molecule has 0 unspecified atom stereocenters. The third-order valence-electron chi connectivity index (χ3n) is 3.09. The molecule has 3 aromatic rings. The van der Waals surface area contributed by atoms with Crippen molar-refractivity contribution < 1.29 is 19.7 Å². The van der Waals surface area contributed by atoms with E-state index < -0.39 is 22.9 Å². The van der Waals surface area contributed by atoms with Gasteiger partial charge in [-0.3, -0.25) is 4.79 Å². The second-order valence-electron chi connectivity index (χ2n) is 4.53. The van der Waals surface area contributed by atoms with Gasteiger partial charge in [-0.2, -0.15) is 9.78 Å². The smallest absolute Gasteiger partial charge is 0.283 e. The maximum atomic E-state index is 13.5. The average molecular weight is 367 g/mol. The van der Waals surface area contributed by atoms with Crippen LogP contribution in [0.5, 0.6) is 17.2 Å². The fourth-order valence-electron chi connectivity index (χ4n) is 2.09. The van der Waals surface area contributed by atoms with Gasteiger partial charge in [0.25, 0.3) is 5.56 Å². The van der Waals surface area contributed by atoms with Gasteiger partial charge < -0.3 is 15.3 Å². The molecule has 0 spiro atoms. The molecule has 0 aliphatic carbocycles. The van der Waals surface area contributed by atoms with Crippen molar-refractivity contribution in [1.29, 1.82) is 0 Å². The largest absolute Gasteiger partial charge is 0.508 e. The fourth-order valence-corrected chi connectivity index (χ4v) is 2.57. The predicted octanol–water partition coefficient (Wildman–Crippen LogP) is 2.40. The van der Waals surface area contributed by atoms with E-state index >= 15 is 0 Å². The molecule has 112 valence electrons. The van der Waals surface area contributed by atoms with E-state index in [1.807, 2.05) is 0 Å². The molecule has 0 bridgehead atoms. The molecule has 0 fully saturated rings. The molecule has 0 saturated carbocycles. The SMILES string of the molecule is O=c1c2c(O)cc(O)cc2c(Br)nn1-c1ccc(O)c(F)c1. The zero-order valence-corrected chi connectivity index (χ0v) is 12.4. The Morgan fingerprint density at radius 2 is 1.82 bits per heavy atom. The molecule has 1 heterocycles. The lowest BCUT2D eigenvalue weighted by atomic mass is 10.1. The molecule has 6 nitrogen and oxygen atoms in total. The van der Waals surface area contributed by atoms with E-state index in [2.05, 4.69) is 21.0 Å². The number of phenolic OH excluding ortho intramolecular Hbond substituents is 3. The summed E-state index contributed by atoms with van der Waals surface area (Å²) in [7, 11) is 0. The van der Waals surface area contributed by atoms with E-state index in [-0.39, 0.29) is 26.8 Å². The molecule has 2 aromatic carbocycles. The first kappa shape index (κ1) is 14.3. The van der Waals surface area contributed by atoms with Crippen molar-refractivity contribution in [1.82, 2.24) is 9.78 Å². The molecule has 1 aromatic heterocycles. The molecular formula is C14H8BrFN2O4. The van der Waals surface area contributed by atoms with Gasteiger partial charge in [0.2, 0.25) is 0 Å². The Labute approximate surface area is 130 Å². The van der Waals surface area contributed by atoms with E-state index in [1.54, 1.807) is 0 Å². The average Bonchev–Trinajstić information content (AvgIpc) is 2.45. The number of hydrogen-bond acceptors (Lipinski definition) is 5. The monoisotopic (exact) mass is 366 g/mol. The van der Waals surface area contributed by atoms with E-state index in [1.165, 1.54) is 12.1 Å². The molecule has 8 heteroatoms. The zero-order chi connectivity index (χ0) is 16.0. The van der Waals surface area contributed by atoms with Crippen molar-refractivity contribution in [2.24, 2.45) is 0 Å². The summed E-state index contributed by atoms with van der Waals surface area (Å²) in [6.07, 6.45) is 0. The van der Waals surface area contributed by atoms with Crippen LogP contribution in [0, 0.1) is 5.82 Å². The number of hydrogen-bond donors (Lipinski definition) is 3. The molecule has 3 rings (SSSR count). The van der Waals surface area contributed by atoms with E-state index in [0.29, 0.717) is 0 Å². The summed E-state index contributed by atoms with van der Waals surface area (Å²) in [5.41, 5.74) is -0.615. The van der Waals surface area contributed by atoms with Crippen LogP contribution in [-0.2, 0) is 0 Å². The highest BCUT2D eigenvalue weighted by Gasteiger charge is 2.16. The molecule has 0 aliphatic rings. The Morgan fingerprint density at radius 3 is 2.50 bits per heavy atom. The second kappa shape index (κ2) is 4.99. The van der Waals surface area contributed by atoms with Crippen molar-refractivity contribution >= 4 is 26.7 Å². The maximum absolute atomic E-state index is 13.5. The van der Waals surface area contributed by atoms with Crippen molar-refractivity contribution in [2.45, 2.75) is 0 Å². The second-order valence-corrected chi connectivity index (χ2v) is 5.28. The normalized spacial score (nSPS) is 11.0. The first-order chi connectivity index (χ1) is 10.4. The van der Waals surface area contributed by atoms with Gasteiger partial charge in [0.1, 0.15) is 16.1 Å². The highest BCUT2D eigenvalue weighted by Crippen LogP contribution is 2.31. The van der Waals surface area contributed by atoms with Crippen LogP contribution in [0.25, 0.3) is 16.5 Å². The summed E-state index contributed by atoms with van der Waals surface area (Å²) in [5, 5.41) is 32.7. The summed E-state index contributed by atoms with van der Waals surface area (Å²) in [6, 6.07) is 5.64. The number of phenols is 3. The fraction of sp³-hybridized carbons (Fsp3) is 0. The van der Waals surface area contributed by atoms with E-state index in [4.69, 9.17) is 0 Å². The van der Waals surface area contributed by atoms with Crippen molar-refractivity contribution in [3.63, 3.8) is 0 Å². The van der Waals surface area contributed by atoms with Gasteiger partial charge in [-0.25, -0.2) is 4.39 Å². The minimum atomic E-state index is -0.905. The maximum Gasteiger partial charge on any atom is 0.283 e. The lowest BCUT2D eigenvalue weighted by Gasteiger charge is -2.09. The van der Waals surface area contributed by atoms with Crippen LogP contribution in [0.3, 0.4) is 0 Å². The van der Waals surface area contributed by atoms with Gasteiger partial charge in [-0.05, 0) is 34.1 Å². The van der Waals surface area contributed by atoms with E-state index in [0.717, 1.165) is 22.9 Å². The Balaban J connectivity index is 2.39. The minimum Gasteiger partial charge on any atom is -0.508 e. The van der Waals surface area contributed by atoms with Crippen molar-refractivity contribution in [3.8, 4) is 22.9 Å². The Morgan fingerprint density at radius 1 is 1.09 bits per heavy atom. The Hall–Kier alpha value is -2.61. The van der Waals surface area contributed by atoms with Gasteiger partial charge in [0, 0.05) is 17.5 Å². The van der Waals surface area contributed by atoms with Gasteiger partial charge in [-0.1, -0.05) is 0 Å².